The van der Waals surface area contributed by atoms with Gasteiger partial charge in [-0.3, -0.25) is 15.2 Å². The Morgan fingerprint density at radius 3 is 2.61 bits per heavy atom. The van der Waals surface area contributed by atoms with Crippen molar-refractivity contribution < 1.29 is 14.3 Å². The Hall–Kier alpha value is -4.07. The topological polar surface area (TPSA) is 114 Å². The van der Waals surface area contributed by atoms with Gasteiger partial charge in [-0.1, -0.05) is 24.3 Å². The van der Waals surface area contributed by atoms with Crippen LogP contribution in [0.15, 0.2) is 73.1 Å². The summed E-state index contributed by atoms with van der Waals surface area (Å²) >= 11 is 0. The zero-order valence-corrected chi connectivity index (χ0v) is 18.2. The molecule has 1 aliphatic heterocycles. The second kappa shape index (κ2) is 10.5. The second-order valence-corrected chi connectivity index (χ2v) is 7.73. The fourth-order valence-electron chi connectivity index (χ4n) is 3.67. The van der Waals surface area contributed by atoms with E-state index in [4.69, 9.17) is 20.6 Å². The van der Waals surface area contributed by atoms with Gasteiger partial charge in [-0.05, 0) is 53.9 Å². The number of benzene rings is 2. The minimum atomic E-state index is -0.612. The van der Waals surface area contributed by atoms with Gasteiger partial charge in [0.05, 0.1) is 18.8 Å². The minimum absolute atomic E-state index is 0.0311. The first-order valence-corrected chi connectivity index (χ1v) is 10.9. The second-order valence-electron chi connectivity index (χ2n) is 7.73. The fourth-order valence-corrected chi connectivity index (χ4v) is 3.67. The Morgan fingerprint density at radius 2 is 1.85 bits per heavy atom. The summed E-state index contributed by atoms with van der Waals surface area (Å²) in [6, 6.07) is 19.2. The Bertz CT molecular complexity index is 1090. The smallest absolute Gasteiger partial charge is 0.268 e. The van der Waals surface area contributed by atoms with Gasteiger partial charge in [-0.2, -0.15) is 0 Å². The van der Waals surface area contributed by atoms with Crippen molar-refractivity contribution in [1.82, 2.24) is 10.3 Å². The predicted molar refractivity (Wildman–Crippen MR) is 126 cm³/mol. The van der Waals surface area contributed by atoms with Crippen LogP contribution in [-0.2, 0) is 17.8 Å². The van der Waals surface area contributed by atoms with E-state index < -0.39 is 6.10 Å². The average molecular weight is 446 g/mol. The number of nitrogens with two attached hydrogens (primary N) is 1. The van der Waals surface area contributed by atoms with E-state index in [1.165, 1.54) is 0 Å². The van der Waals surface area contributed by atoms with Crippen LogP contribution in [0.5, 0.6) is 11.5 Å². The van der Waals surface area contributed by atoms with E-state index in [1.807, 2.05) is 60.7 Å². The van der Waals surface area contributed by atoms with Crippen LogP contribution >= 0.6 is 0 Å². The Kier molecular flexibility index (Phi) is 7.04. The molecular weight excluding hydrogens is 418 g/mol. The molecule has 2 aromatic carbocycles. The predicted octanol–water partition coefficient (Wildman–Crippen LogP) is 2.87. The number of para-hydroxylation sites is 2. The van der Waals surface area contributed by atoms with Crippen LogP contribution in [0, 0.1) is 5.41 Å². The molecule has 1 aromatic heterocycles. The number of ether oxygens (including phenoxy) is 2. The van der Waals surface area contributed by atoms with E-state index >= 15 is 0 Å². The summed E-state index contributed by atoms with van der Waals surface area (Å²) < 4.78 is 11.9. The third kappa shape index (κ3) is 5.79. The summed E-state index contributed by atoms with van der Waals surface area (Å²) in [4.78, 5) is 19.0. The van der Waals surface area contributed by atoms with Gasteiger partial charge in [0, 0.05) is 25.4 Å². The van der Waals surface area contributed by atoms with E-state index in [1.54, 1.807) is 17.3 Å². The number of amides is 1. The van der Waals surface area contributed by atoms with Gasteiger partial charge >= 0.3 is 0 Å². The molecule has 3 aromatic rings. The molecule has 4 rings (SSSR count). The molecule has 33 heavy (non-hydrogen) atoms. The third-order valence-electron chi connectivity index (χ3n) is 5.36. The first-order chi connectivity index (χ1) is 16.1. The van der Waals surface area contributed by atoms with Crippen molar-refractivity contribution in [1.29, 1.82) is 5.41 Å². The Balaban J connectivity index is 1.35. The number of anilines is 1. The summed E-state index contributed by atoms with van der Waals surface area (Å²) in [5.74, 6) is 1.31. The molecule has 0 fully saturated rings. The molecule has 8 nitrogen and oxygen atoms in total. The molecule has 0 bridgehead atoms. The quantitative estimate of drug-likeness (QED) is 0.345. The number of carbonyl (C=O) groups excluding carboxylic acids is 1. The summed E-state index contributed by atoms with van der Waals surface area (Å²) in [5.41, 5.74) is 8.18. The number of nitrogens with one attached hydrogen (secondary N) is 2. The Morgan fingerprint density at radius 1 is 1.09 bits per heavy atom. The molecule has 0 saturated carbocycles. The maximum atomic E-state index is 13.2. The van der Waals surface area contributed by atoms with Gasteiger partial charge < -0.3 is 25.4 Å². The van der Waals surface area contributed by atoms with Crippen LogP contribution in [0.3, 0.4) is 0 Å². The van der Waals surface area contributed by atoms with Gasteiger partial charge in [0.2, 0.25) is 0 Å². The molecule has 8 heteroatoms. The maximum absolute atomic E-state index is 13.2. The van der Waals surface area contributed by atoms with Crippen LogP contribution in [-0.4, -0.2) is 36.1 Å². The standard InChI is InChI=1S/C25H27N5O3/c26-25(27)29-15-11-18-5-7-20(8-6-18)32-16-12-23-24(31)30(17-19-9-13-28-14-10-19)21-3-1-2-4-22(21)33-23/h1-10,13-14,23H,11-12,15-17H2,(H4,26,27,29). The highest BCUT2D eigenvalue weighted by Gasteiger charge is 2.34. The molecular formula is C25H27N5O3. The van der Waals surface area contributed by atoms with E-state index in [0.29, 0.717) is 31.9 Å². The zero-order valence-electron chi connectivity index (χ0n) is 18.2. The van der Waals surface area contributed by atoms with Gasteiger partial charge in [0.25, 0.3) is 5.91 Å². The van der Waals surface area contributed by atoms with E-state index in [0.717, 1.165) is 29.0 Å². The molecule has 1 amide bonds. The number of carbonyl (C=O) groups is 1. The highest BCUT2D eigenvalue weighted by Crippen LogP contribution is 2.35. The maximum Gasteiger partial charge on any atom is 0.268 e. The first kappa shape index (κ1) is 22.1. The van der Waals surface area contributed by atoms with Gasteiger partial charge in [0.15, 0.2) is 12.1 Å². The summed E-state index contributed by atoms with van der Waals surface area (Å²) in [6.45, 7) is 1.42. The minimum Gasteiger partial charge on any atom is -0.493 e. The lowest BCUT2D eigenvalue weighted by Gasteiger charge is -2.34. The highest BCUT2D eigenvalue weighted by molar-refractivity contribution is 5.99. The monoisotopic (exact) mass is 445 g/mol. The van der Waals surface area contributed by atoms with Crippen molar-refractivity contribution in [2.24, 2.45) is 5.73 Å². The first-order valence-electron chi connectivity index (χ1n) is 10.9. The van der Waals surface area contributed by atoms with Crippen LogP contribution in [0.25, 0.3) is 0 Å². The van der Waals surface area contributed by atoms with Crippen molar-refractivity contribution in [3.63, 3.8) is 0 Å². The van der Waals surface area contributed by atoms with E-state index in [9.17, 15) is 4.79 Å². The normalized spacial score (nSPS) is 14.8. The molecule has 1 unspecified atom stereocenters. The van der Waals surface area contributed by atoms with Crippen molar-refractivity contribution in [3.8, 4) is 11.5 Å². The van der Waals surface area contributed by atoms with Crippen molar-refractivity contribution in [2.75, 3.05) is 18.1 Å². The molecule has 0 saturated heterocycles. The van der Waals surface area contributed by atoms with E-state index in [2.05, 4.69) is 10.3 Å². The van der Waals surface area contributed by atoms with Crippen LogP contribution < -0.4 is 25.4 Å². The van der Waals surface area contributed by atoms with Crippen molar-refractivity contribution in [3.05, 3.63) is 84.2 Å². The van der Waals surface area contributed by atoms with Gasteiger partial charge in [-0.25, -0.2) is 0 Å². The average Bonchev–Trinajstić information content (AvgIpc) is 2.83. The largest absolute Gasteiger partial charge is 0.493 e. The van der Waals surface area contributed by atoms with Crippen LogP contribution in [0.4, 0.5) is 5.69 Å². The van der Waals surface area contributed by atoms with Gasteiger partial charge in [0.1, 0.15) is 11.5 Å². The van der Waals surface area contributed by atoms with E-state index in [-0.39, 0.29) is 11.9 Å². The number of rotatable bonds is 9. The number of nitrogens with zero attached hydrogens (tertiary/aromatic N) is 2. The van der Waals surface area contributed by atoms with Crippen LogP contribution in [0.1, 0.15) is 17.5 Å². The SMILES string of the molecule is N=C(N)NCCc1ccc(OCCC2Oc3ccccc3N(Cc3ccncc3)C2=O)cc1. The number of guanidine groups is 1. The Labute approximate surface area is 192 Å². The summed E-state index contributed by atoms with van der Waals surface area (Å²) in [6.07, 6.45) is 4.03. The fraction of sp³-hybridized carbons (Fsp3) is 0.240. The van der Waals surface area contributed by atoms with Crippen molar-refractivity contribution >= 4 is 17.6 Å². The zero-order chi connectivity index (χ0) is 23.0. The molecule has 170 valence electrons. The molecule has 4 N–H and O–H groups in total. The molecule has 1 atom stereocenters. The number of hydrogen-bond donors (Lipinski definition) is 3. The molecule has 2 heterocycles. The number of fused-ring (bicyclic) bond motifs is 1. The lowest BCUT2D eigenvalue weighted by Crippen LogP contribution is -2.46. The lowest BCUT2D eigenvalue weighted by atomic mass is 10.1. The van der Waals surface area contributed by atoms with Crippen molar-refractivity contribution in [2.45, 2.75) is 25.5 Å². The number of hydrogen-bond acceptors (Lipinski definition) is 5. The lowest BCUT2D eigenvalue weighted by molar-refractivity contribution is -0.127. The molecule has 1 aliphatic rings. The summed E-state index contributed by atoms with van der Waals surface area (Å²) in [5, 5.41) is 9.97. The third-order valence-corrected chi connectivity index (χ3v) is 5.36. The summed E-state index contributed by atoms with van der Waals surface area (Å²) in [7, 11) is 0. The van der Waals surface area contributed by atoms with Gasteiger partial charge in [-0.15, -0.1) is 0 Å². The number of aromatic nitrogens is 1. The van der Waals surface area contributed by atoms with Crippen LogP contribution in [0.2, 0.25) is 0 Å². The molecule has 0 spiro atoms. The molecule has 0 aliphatic carbocycles. The number of pyridine rings is 1. The highest BCUT2D eigenvalue weighted by atomic mass is 16.5. The molecule has 0 radical (unpaired) electrons.